The van der Waals surface area contributed by atoms with Crippen molar-refractivity contribution in [2.24, 2.45) is 0 Å². The van der Waals surface area contributed by atoms with E-state index >= 15 is 0 Å². The molecule has 0 bridgehead atoms. The molecule has 0 aliphatic heterocycles. The molecule has 2 aromatic rings. The van der Waals surface area contributed by atoms with Crippen molar-refractivity contribution in [1.82, 2.24) is 5.32 Å². The van der Waals surface area contributed by atoms with Gasteiger partial charge >= 0.3 is 0 Å². The molecule has 2 aromatic carbocycles. The summed E-state index contributed by atoms with van der Waals surface area (Å²) in [6.07, 6.45) is 4.44. The summed E-state index contributed by atoms with van der Waals surface area (Å²) >= 11 is 0. The molecule has 2 N–H and O–H groups in total. The quantitative estimate of drug-likeness (QED) is 0.661. The van der Waals surface area contributed by atoms with E-state index < -0.39 is 0 Å². The second kappa shape index (κ2) is 9.76. The lowest BCUT2D eigenvalue weighted by Gasteiger charge is -2.15. The molecule has 0 aliphatic carbocycles. The molecule has 0 radical (unpaired) electrons. The van der Waals surface area contributed by atoms with Crippen LogP contribution in [0.5, 0.6) is 0 Å². The van der Waals surface area contributed by atoms with Crippen molar-refractivity contribution in [3.8, 4) is 0 Å². The SMILES string of the molecule is CCCCCC(C)NC(=O)c1ccc(C)c(NC(=O)c2ccccc2)c1. The van der Waals surface area contributed by atoms with Crippen LogP contribution in [0.3, 0.4) is 0 Å². The van der Waals surface area contributed by atoms with Crippen molar-refractivity contribution < 1.29 is 9.59 Å². The van der Waals surface area contributed by atoms with Crippen molar-refractivity contribution in [1.29, 1.82) is 0 Å². The topological polar surface area (TPSA) is 58.2 Å². The molecule has 0 saturated carbocycles. The van der Waals surface area contributed by atoms with Crippen LogP contribution in [0.25, 0.3) is 0 Å². The number of anilines is 1. The molecule has 2 amide bonds. The maximum Gasteiger partial charge on any atom is 0.255 e. The zero-order valence-electron chi connectivity index (χ0n) is 15.8. The van der Waals surface area contributed by atoms with Gasteiger partial charge in [0.05, 0.1) is 0 Å². The Morgan fingerprint density at radius 3 is 2.38 bits per heavy atom. The van der Waals surface area contributed by atoms with E-state index in [4.69, 9.17) is 0 Å². The van der Waals surface area contributed by atoms with Gasteiger partial charge in [0.1, 0.15) is 0 Å². The van der Waals surface area contributed by atoms with Gasteiger partial charge in [-0.3, -0.25) is 9.59 Å². The molecule has 2 rings (SSSR count). The van der Waals surface area contributed by atoms with E-state index in [9.17, 15) is 9.59 Å². The summed E-state index contributed by atoms with van der Waals surface area (Å²) in [5.74, 6) is -0.289. The summed E-state index contributed by atoms with van der Waals surface area (Å²) in [5.41, 5.74) is 2.72. The van der Waals surface area contributed by atoms with Gasteiger partial charge in [0.15, 0.2) is 0 Å². The van der Waals surface area contributed by atoms with Crippen molar-refractivity contribution >= 4 is 17.5 Å². The molecule has 0 heterocycles. The molecular formula is C22H28N2O2. The summed E-state index contributed by atoms with van der Waals surface area (Å²) in [5, 5.41) is 5.93. The van der Waals surface area contributed by atoms with Crippen LogP contribution in [0.1, 0.15) is 65.8 Å². The number of rotatable bonds is 8. The van der Waals surface area contributed by atoms with Crippen LogP contribution in [0.15, 0.2) is 48.5 Å². The van der Waals surface area contributed by atoms with E-state index in [1.807, 2.05) is 38.1 Å². The van der Waals surface area contributed by atoms with Gasteiger partial charge in [-0.1, -0.05) is 50.5 Å². The third-order valence-electron chi connectivity index (χ3n) is 4.40. The second-order valence-corrected chi connectivity index (χ2v) is 6.72. The van der Waals surface area contributed by atoms with Crippen LogP contribution in [0.4, 0.5) is 5.69 Å². The number of aryl methyl sites for hydroxylation is 1. The zero-order chi connectivity index (χ0) is 18.9. The first kappa shape index (κ1) is 19.7. The van der Waals surface area contributed by atoms with Gasteiger partial charge in [0.25, 0.3) is 11.8 Å². The molecule has 26 heavy (non-hydrogen) atoms. The van der Waals surface area contributed by atoms with Crippen LogP contribution in [-0.4, -0.2) is 17.9 Å². The van der Waals surface area contributed by atoms with Gasteiger partial charge in [-0.15, -0.1) is 0 Å². The molecular weight excluding hydrogens is 324 g/mol. The monoisotopic (exact) mass is 352 g/mol. The number of nitrogens with one attached hydrogen (secondary N) is 2. The number of benzene rings is 2. The van der Waals surface area contributed by atoms with E-state index in [0.717, 1.165) is 18.4 Å². The fourth-order valence-electron chi connectivity index (χ4n) is 2.76. The lowest BCUT2D eigenvalue weighted by Crippen LogP contribution is -2.32. The van der Waals surface area contributed by atoms with Gasteiger partial charge < -0.3 is 10.6 Å². The van der Waals surface area contributed by atoms with Crippen molar-refractivity contribution in [3.05, 3.63) is 65.2 Å². The third kappa shape index (κ3) is 5.73. The Bertz CT molecular complexity index is 741. The Labute approximate surface area is 156 Å². The lowest BCUT2D eigenvalue weighted by atomic mass is 10.1. The number of unbranched alkanes of at least 4 members (excludes halogenated alkanes) is 2. The van der Waals surface area contributed by atoms with Gasteiger partial charge in [0.2, 0.25) is 0 Å². The molecule has 0 aliphatic rings. The van der Waals surface area contributed by atoms with Crippen molar-refractivity contribution in [2.75, 3.05) is 5.32 Å². The number of hydrogen-bond acceptors (Lipinski definition) is 2. The van der Waals surface area contributed by atoms with Gasteiger partial charge in [0, 0.05) is 22.9 Å². The smallest absolute Gasteiger partial charge is 0.255 e. The molecule has 0 aromatic heterocycles. The number of carbonyl (C=O) groups is 2. The number of hydrogen-bond donors (Lipinski definition) is 2. The summed E-state index contributed by atoms with van der Waals surface area (Å²) in [7, 11) is 0. The van der Waals surface area contributed by atoms with Gasteiger partial charge in [-0.05, 0) is 50.1 Å². The Morgan fingerprint density at radius 1 is 0.962 bits per heavy atom. The average Bonchev–Trinajstić information content (AvgIpc) is 2.64. The average molecular weight is 352 g/mol. The summed E-state index contributed by atoms with van der Waals surface area (Å²) in [6, 6.07) is 14.6. The maximum atomic E-state index is 12.5. The van der Waals surface area contributed by atoms with Crippen LogP contribution in [0, 0.1) is 6.92 Å². The Kier molecular flexibility index (Phi) is 7.39. The molecule has 138 valence electrons. The van der Waals surface area contributed by atoms with Crippen LogP contribution < -0.4 is 10.6 Å². The lowest BCUT2D eigenvalue weighted by molar-refractivity contribution is 0.0936. The molecule has 0 saturated heterocycles. The van der Waals surface area contributed by atoms with Crippen LogP contribution >= 0.6 is 0 Å². The molecule has 1 atom stereocenters. The van der Waals surface area contributed by atoms with Crippen LogP contribution in [-0.2, 0) is 0 Å². The Morgan fingerprint density at radius 2 is 1.69 bits per heavy atom. The number of amides is 2. The first-order chi connectivity index (χ1) is 12.5. The largest absolute Gasteiger partial charge is 0.350 e. The van der Waals surface area contributed by atoms with Crippen LogP contribution in [0.2, 0.25) is 0 Å². The highest BCUT2D eigenvalue weighted by Crippen LogP contribution is 2.18. The highest BCUT2D eigenvalue weighted by molar-refractivity contribution is 6.05. The molecule has 1 unspecified atom stereocenters. The summed E-state index contributed by atoms with van der Waals surface area (Å²) < 4.78 is 0. The normalized spacial score (nSPS) is 11.7. The Balaban J connectivity index is 2.04. The number of carbonyl (C=O) groups excluding carboxylic acids is 2. The fourth-order valence-corrected chi connectivity index (χ4v) is 2.76. The van der Waals surface area contributed by atoms with E-state index in [1.165, 1.54) is 12.8 Å². The minimum Gasteiger partial charge on any atom is -0.350 e. The minimum absolute atomic E-state index is 0.107. The predicted molar refractivity (Wildman–Crippen MR) is 107 cm³/mol. The third-order valence-corrected chi connectivity index (χ3v) is 4.40. The van der Waals surface area contributed by atoms with Gasteiger partial charge in [-0.25, -0.2) is 0 Å². The zero-order valence-corrected chi connectivity index (χ0v) is 15.8. The predicted octanol–water partition coefficient (Wildman–Crippen LogP) is 4.95. The summed E-state index contributed by atoms with van der Waals surface area (Å²) in [4.78, 5) is 24.8. The fraction of sp³-hybridized carbons (Fsp3) is 0.364. The van der Waals surface area contributed by atoms with E-state index in [2.05, 4.69) is 17.6 Å². The molecule has 0 spiro atoms. The highest BCUT2D eigenvalue weighted by Gasteiger charge is 2.13. The second-order valence-electron chi connectivity index (χ2n) is 6.72. The molecule has 4 heteroatoms. The van der Waals surface area contributed by atoms with E-state index in [0.29, 0.717) is 16.8 Å². The van der Waals surface area contributed by atoms with Crippen molar-refractivity contribution in [3.63, 3.8) is 0 Å². The Hall–Kier alpha value is -2.62. The first-order valence-electron chi connectivity index (χ1n) is 9.29. The standard InChI is InChI=1S/C22H28N2O2/c1-4-5-7-10-17(3)23-22(26)19-14-13-16(2)20(15-19)24-21(25)18-11-8-6-9-12-18/h6,8-9,11-15,17H,4-5,7,10H2,1-3H3,(H,23,26)(H,24,25). The first-order valence-corrected chi connectivity index (χ1v) is 9.29. The summed E-state index contributed by atoms with van der Waals surface area (Å²) in [6.45, 7) is 6.11. The maximum absolute atomic E-state index is 12.5. The van der Waals surface area contributed by atoms with E-state index in [1.54, 1.807) is 24.3 Å². The highest BCUT2D eigenvalue weighted by atomic mass is 16.2. The molecule has 0 fully saturated rings. The minimum atomic E-state index is -0.181. The molecule has 4 nitrogen and oxygen atoms in total. The van der Waals surface area contributed by atoms with Gasteiger partial charge in [-0.2, -0.15) is 0 Å². The van der Waals surface area contributed by atoms with E-state index in [-0.39, 0.29) is 17.9 Å². The van der Waals surface area contributed by atoms with Crippen molar-refractivity contribution in [2.45, 2.75) is 52.5 Å².